The van der Waals surface area contributed by atoms with Gasteiger partial charge in [0.15, 0.2) is 15.0 Å². The van der Waals surface area contributed by atoms with E-state index < -0.39 is 33.7 Å². The van der Waals surface area contributed by atoms with Crippen LogP contribution < -0.4 is 9.64 Å². The number of nitrogens with zero attached hydrogens (tertiary/aromatic N) is 2. The van der Waals surface area contributed by atoms with Gasteiger partial charge in [-0.2, -0.15) is 13.2 Å². The van der Waals surface area contributed by atoms with Crippen LogP contribution in [0.5, 0.6) is 5.75 Å². The third-order valence-corrected chi connectivity index (χ3v) is 7.92. The molecule has 0 radical (unpaired) electrons. The number of rotatable bonds is 5. The van der Waals surface area contributed by atoms with Crippen molar-refractivity contribution < 1.29 is 26.3 Å². The molecule has 31 heavy (non-hydrogen) atoms. The molecule has 2 atom stereocenters. The third kappa shape index (κ3) is 4.96. The lowest BCUT2D eigenvalue weighted by Crippen LogP contribution is -2.39. The van der Waals surface area contributed by atoms with Crippen LogP contribution in [0.4, 0.5) is 18.9 Å². The number of hydrogen-bond acceptors (Lipinski definition) is 6. The Bertz CT molecular complexity index is 1090. The van der Waals surface area contributed by atoms with Gasteiger partial charge in [-0.3, -0.25) is 4.99 Å². The number of anilines is 1. The summed E-state index contributed by atoms with van der Waals surface area (Å²) >= 11 is 7.55. The molecule has 0 aromatic heterocycles. The van der Waals surface area contributed by atoms with Crippen LogP contribution in [0.1, 0.15) is 5.56 Å². The number of para-hydroxylation sites is 1. The summed E-state index contributed by atoms with van der Waals surface area (Å²) in [5.74, 6) is 0.873. The fraction of sp³-hybridized carbons (Fsp3) is 0.350. The zero-order chi connectivity index (χ0) is 22.2. The average molecular weight is 491 g/mol. The molecule has 0 N–H and O–H groups in total. The zero-order valence-corrected chi connectivity index (χ0v) is 18.4. The predicted molar refractivity (Wildman–Crippen MR) is 117 cm³/mol. The highest BCUT2D eigenvalue weighted by molar-refractivity contribution is 8.14. The van der Waals surface area contributed by atoms with Gasteiger partial charge in [0.25, 0.3) is 0 Å². The maximum atomic E-state index is 13.3. The van der Waals surface area contributed by atoms with E-state index in [9.17, 15) is 21.6 Å². The van der Waals surface area contributed by atoms with Crippen LogP contribution in [-0.4, -0.2) is 49.5 Å². The molecule has 2 aliphatic rings. The van der Waals surface area contributed by atoms with E-state index >= 15 is 0 Å². The summed E-state index contributed by atoms with van der Waals surface area (Å²) in [4.78, 5) is 6.05. The minimum atomic E-state index is -4.55. The topological polar surface area (TPSA) is 59.0 Å². The molecule has 0 amide bonds. The second-order valence-electron chi connectivity index (χ2n) is 7.17. The van der Waals surface area contributed by atoms with Gasteiger partial charge < -0.3 is 9.64 Å². The van der Waals surface area contributed by atoms with Crippen LogP contribution in [0.15, 0.2) is 53.5 Å². The molecule has 5 nitrogen and oxygen atoms in total. The van der Waals surface area contributed by atoms with Gasteiger partial charge in [0, 0.05) is 5.75 Å². The van der Waals surface area contributed by atoms with Gasteiger partial charge in [0.2, 0.25) is 0 Å². The third-order valence-electron chi connectivity index (χ3n) is 4.97. The number of amidine groups is 1. The van der Waals surface area contributed by atoms with E-state index in [1.165, 1.54) is 17.8 Å². The molecule has 4 rings (SSSR count). The minimum Gasteiger partial charge on any atom is -0.493 e. The molecule has 2 aromatic rings. The Kier molecular flexibility index (Phi) is 6.15. The number of ether oxygens (including phenoxy) is 1. The number of sulfone groups is 1. The number of alkyl halides is 3. The number of benzene rings is 2. The van der Waals surface area contributed by atoms with Crippen LogP contribution >= 0.6 is 23.4 Å². The SMILES string of the molecule is O=S1(=O)CC2N=C(SCCOc3ccccc3)N(c3cc(C(F)(F)F)ccc3Cl)C2C1. The van der Waals surface area contributed by atoms with Crippen molar-refractivity contribution in [1.29, 1.82) is 0 Å². The van der Waals surface area contributed by atoms with E-state index in [1.54, 1.807) is 4.90 Å². The predicted octanol–water partition coefficient (Wildman–Crippen LogP) is 4.51. The smallest absolute Gasteiger partial charge is 0.416 e. The number of hydrogen-bond donors (Lipinski definition) is 0. The Morgan fingerprint density at radius 3 is 2.61 bits per heavy atom. The Balaban J connectivity index is 1.57. The summed E-state index contributed by atoms with van der Waals surface area (Å²) in [7, 11) is -3.33. The van der Waals surface area contributed by atoms with Gasteiger partial charge in [-0.25, -0.2) is 8.42 Å². The fourth-order valence-corrected chi connectivity index (χ4v) is 6.58. The quantitative estimate of drug-likeness (QED) is 0.577. The summed E-state index contributed by atoms with van der Waals surface area (Å²) in [5, 5.41) is 0.551. The number of halogens is 4. The first-order valence-electron chi connectivity index (χ1n) is 9.39. The van der Waals surface area contributed by atoms with Crippen molar-refractivity contribution in [3.05, 3.63) is 59.1 Å². The zero-order valence-electron chi connectivity index (χ0n) is 16.0. The van der Waals surface area contributed by atoms with E-state index in [1.807, 2.05) is 30.3 Å². The maximum absolute atomic E-state index is 13.3. The molecule has 0 spiro atoms. The summed E-state index contributed by atoms with van der Waals surface area (Å²) < 4.78 is 69.7. The van der Waals surface area contributed by atoms with Gasteiger partial charge in [0.05, 0.1) is 46.5 Å². The first kappa shape index (κ1) is 22.3. The summed E-state index contributed by atoms with van der Waals surface area (Å²) in [6, 6.07) is 11.1. The molecular formula is C20H18ClF3N2O3S2. The van der Waals surface area contributed by atoms with E-state index in [0.717, 1.165) is 12.1 Å². The van der Waals surface area contributed by atoms with Crippen LogP contribution in [0, 0.1) is 0 Å². The maximum Gasteiger partial charge on any atom is 0.416 e. The summed E-state index contributed by atoms with van der Waals surface area (Å²) in [6.07, 6.45) is -4.55. The van der Waals surface area contributed by atoms with Crippen LogP contribution in [0.2, 0.25) is 5.02 Å². The van der Waals surface area contributed by atoms with Crippen molar-refractivity contribution in [2.75, 3.05) is 28.8 Å². The molecule has 166 valence electrons. The van der Waals surface area contributed by atoms with E-state index in [2.05, 4.69) is 4.99 Å². The van der Waals surface area contributed by atoms with Crippen LogP contribution in [0.3, 0.4) is 0 Å². The minimum absolute atomic E-state index is 0.104. The lowest BCUT2D eigenvalue weighted by molar-refractivity contribution is -0.137. The first-order valence-corrected chi connectivity index (χ1v) is 12.6. The molecule has 11 heteroatoms. The molecule has 2 heterocycles. The van der Waals surface area contributed by atoms with Gasteiger partial charge in [-0.1, -0.05) is 41.6 Å². The Labute approximate surface area is 187 Å². The highest BCUT2D eigenvalue weighted by Crippen LogP contribution is 2.41. The Morgan fingerprint density at radius 2 is 1.90 bits per heavy atom. The first-order chi connectivity index (χ1) is 14.6. The number of thioether (sulfide) groups is 1. The van der Waals surface area contributed by atoms with E-state index in [4.69, 9.17) is 16.3 Å². The number of fused-ring (bicyclic) bond motifs is 1. The Morgan fingerprint density at radius 1 is 1.16 bits per heavy atom. The van der Waals surface area contributed by atoms with Crippen molar-refractivity contribution in [1.82, 2.24) is 0 Å². The van der Waals surface area contributed by atoms with Gasteiger partial charge >= 0.3 is 6.18 Å². The van der Waals surface area contributed by atoms with Gasteiger partial charge in [-0.05, 0) is 30.3 Å². The molecule has 2 unspecified atom stereocenters. The van der Waals surface area contributed by atoms with Crippen molar-refractivity contribution in [2.45, 2.75) is 18.3 Å². The van der Waals surface area contributed by atoms with Crippen molar-refractivity contribution in [2.24, 2.45) is 4.99 Å². The summed E-state index contributed by atoms with van der Waals surface area (Å²) in [6.45, 7) is 0.353. The van der Waals surface area contributed by atoms with Crippen LogP contribution in [0.25, 0.3) is 0 Å². The van der Waals surface area contributed by atoms with E-state index in [0.29, 0.717) is 23.3 Å². The van der Waals surface area contributed by atoms with Gasteiger partial charge in [0.1, 0.15) is 5.75 Å². The van der Waals surface area contributed by atoms with Crippen molar-refractivity contribution in [3.63, 3.8) is 0 Å². The normalized spacial score (nSPS) is 22.3. The second-order valence-corrected chi connectivity index (χ2v) is 10.8. The second kappa shape index (κ2) is 8.55. The molecule has 1 fully saturated rings. The Hall–Kier alpha value is -1.91. The molecule has 0 bridgehead atoms. The lowest BCUT2D eigenvalue weighted by Gasteiger charge is -2.28. The van der Waals surface area contributed by atoms with Crippen molar-refractivity contribution in [3.8, 4) is 5.75 Å². The highest BCUT2D eigenvalue weighted by Gasteiger charge is 2.48. The summed E-state index contributed by atoms with van der Waals surface area (Å²) in [5.41, 5.74) is -0.746. The number of aliphatic imine (C=N–C) groups is 1. The van der Waals surface area contributed by atoms with Crippen molar-refractivity contribution >= 4 is 44.1 Å². The molecule has 2 aromatic carbocycles. The molecule has 0 aliphatic carbocycles. The standard InChI is InChI=1S/C20H18ClF3N2O3S2/c21-15-7-6-13(20(22,23)24)10-17(15)26-18-12-31(27,28)11-16(18)25-19(26)30-9-8-29-14-4-2-1-3-5-14/h1-7,10,16,18H,8-9,11-12H2. The van der Waals surface area contributed by atoms with E-state index in [-0.39, 0.29) is 22.2 Å². The average Bonchev–Trinajstić information content (AvgIpc) is 3.17. The lowest BCUT2D eigenvalue weighted by atomic mass is 10.1. The molecule has 2 aliphatic heterocycles. The molecule has 0 saturated carbocycles. The molecule has 1 saturated heterocycles. The monoisotopic (exact) mass is 490 g/mol. The largest absolute Gasteiger partial charge is 0.493 e. The highest BCUT2D eigenvalue weighted by atomic mass is 35.5. The van der Waals surface area contributed by atoms with Crippen LogP contribution in [-0.2, 0) is 16.0 Å². The fourth-order valence-electron chi connectivity index (χ4n) is 3.60. The van der Waals surface area contributed by atoms with Gasteiger partial charge in [-0.15, -0.1) is 0 Å². The molecular weight excluding hydrogens is 473 g/mol.